The molecule has 0 radical (unpaired) electrons. The number of thiophene rings is 1. The average molecular weight is 345 g/mol. The standard InChI is InChI=1S/C14H23N3O3S2/c1-3-22(19,20)17-8-6-12(7-9-17)16-14(18)15-11(2)13-5-4-10-21-13/h4-5,10-12H,3,6-9H2,1-2H3,(H2,15,16,18)/t11-/m1/s1. The predicted molar refractivity (Wildman–Crippen MR) is 88.5 cm³/mol. The van der Waals surface area contributed by atoms with Crippen molar-refractivity contribution in [2.75, 3.05) is 18.8 Å². The molecule has 22 heavy (non-hydrogen) atoms. The molecule has 1 aromatic rings. The molecule has 2 heterocycles. The van der Waals surface area contributed by atoms with Crippen molar-refractivity contribution in [3.63, 3.8) is 0 Å². The van der Waals surface area contributed by atoms with E-state index in [1.165, 1.54) is 4.31 Å². The molecule has 6 nitrogen and oxygen atoms in total. The molecule has 0 saturated carbocycles. The Kier molecular flexibility index (Phi) is 5.82. The van der Waals surface area contributed by atoms with Crippen molar-refractivity contribution >= 4 is 27.4 Å². The molecule has 1 fully saturated rings. The average Bonchev–Trinajstić information content (AvgIpc) is 3.02. The zero-order chi connectivity index (χ0) is 16.2. The minimum atomic E-state index is -3.12. The zero-order valence-corrected chi connectivity index (χ0v) is 14.5. The number of nitrogens with one attached hydrogen (secondary N) is 2. The van der Waals surface area contributed by atoms with Gasteiger partial charge in [-0.2, -0.15) is 0 Å². The van der Waals surface area contributed by atoms with E-state index in [0.29, 0.717) is 25.9 Å². The molecule has 1 aromatic heterocycles. The SMILES string of the molecule is CCS(=O)(=O)N1CCC(NC(=O)N[C@H](C)c2cccs2)CC1. The highest BCUT2D eigenvalue weighted by atomic mass is 32.2. The molecule has 0 unspecified atom stereocenters. The van der Waals surface area contributed by atoms with Crippen LogP contribution in [0, 0.1) is 0 Å². The summed E-state index contributed by atoms with van der Waals surface area (Å²) in [6, 6.07) is 3.75. The van der Waals surface area contributed by atoms with Gasteiger partial charge in [-0.1, -0.05) is 6.07 Å². The van der Waals surface area contributed by atoms with Gasteiger partial charge < -0.3 is 10.6 Å². The number of hydrogen-bond acceptors (Lipinski definition) is 4. The molecule has 2 rings (SSSR count). The minimum Gasteiger partial charge on any atom is -0.335 e. The van der Waals surface area contributed by atoms with Crippen LogP contribution >= 0.6 is 11.3 Å². The Morgan fingerprint density at radius 3 is 2.68 bits per heavy atom. The fourth-order valence-corrected chi connectivity index (χ4v) is 4.36. The van der Waals surface area contributed by atoms with E-state index in [2.05, 4.69) is 10.6 Å². The number of hydrogen-bond donors (Lipinski definition) is 2. The number of nitrogens with zero attached hydrogens (tertiary/aromatic N) is 1. The van der Waals surface area contributed by atoms with Gasteiger partial charge in [-0.05, 0) is 38.1 Å². The van der Waals surface area contributed by atoms with Gasteiger partial charge >= 0.3 is 6.03 Å². The van der Waals surface area contributed by atoms with E-state index in [1.807, 2.05) is 24.4 Å². The number of piperidine rings is 1. The van der Waals surface area contributed by atoms with Gasteiger partial charge in [0.25, 0.3) is 0 Å². The molecule has 2 amide bonds. The smallest absolute Gasteiger partial charge is 0.315 e. The van der Waals surface area contributed by atoms with Gasteiger partial charge in [0.2, 0.25) is 10.0 Å². The number of amides is 2. The summed E-state index contributed by atoms with van der Waals surface area (Å²) in [7, 11) is -3.12. The van der Waals surface area contributed by atoms with E-state index in [1.54, 1.807) is 18.3 Å². The van der Waals surface area contributed by atoms with Crippen LogP contribution in [0.25, 0.3) is 0 Å². The third-order valence-electron chi connectivity index (χ3n) is 3.86. The second-order valence-electron chi connectivity index (χ2n) is 5.43. The second kappa shape index (κ2) is 7.43. The third-order valence-corrected chi connectivity index (χ3v) is 6.80. The van der Waals surface area contributed by atoms with Crippen LogP contribution in [0.15, 0.2) is 17.5 Å². The highest BCUT2D eigenvalue weighted by Gasteiger charge is 2.27. The van der Waals surface area contributed by atoms with Crippen molar-refractivity contribution in [2.45, 2.75) is 38.8 Å². The molecule has 124 valence electrons. The Morgan fingerprint density at radius 2 is 2.14 bits per heavy atom. The van der Waals surface area contributed by atoms with Crippen LogP contribution in [0.1, 0.15) is 37.6 Å². The minimum absolute atomic E-state index is 0.0267. The number of carbonyl (C=O) groups is 1. The summed E-state index contributed by atoms with van der Waals surface area (Å²) in [4.78, 5) is 13.1. The lowest BCUT2D eigenvalue weighted by Gasteiger charge is -2.31. The van der Waals surface area contributed by atoms with Crippen LogP contribution in [-0.4, -0.2) is 43.6 Å². The molecular formula is C14H23N3O3S2. The summed E-state index contributed by atoms with van der Waals surface area (Å²) in [5, 5.41) is 7.83. The van der Waals surface area contributed by atoms with Gasteiger partial charge in [0.15, 0.2) is 0 Å². The van der Waals surface area contributed by atoms with E-state index in [4.69, 9.17) is 0 Å². The number of sulfonamides is 1. The van der Waals surface area contributed by atoms with E-state index >= 15 is 0 Å². The fraction of sp³-hybridized carbons (Fsp3) is 0.643. The Morgan fingerprint density at radius 1 is 1.45 bits per heavy atom. The first kappa shape index (κ1) is 17.2. The first-order valence-corrected chi connectivity index (χ1v) is 9.99. The molecule has 0 aromatic carbocycles. The summed E-state index contributed by atoms with van der Waals surface area (Å²) < 4.78 is 25.1. The summed E-state index contributed by atoms with van der Waals surface area (Å²) in [6.07, 6.45) is 1.31. The van der Waals surface area contributed by atoms with Crippen LogP contribution in [-0.2, 0) is 10.0 Å². The summed E-state index contributed by atoms with van der Waals surface area (Å²) >= 11 is 1.61. The van der Waals surface area contributed by atoms with E-state index in [9.17, 15) is 13.2 Å². The maximum absolute atomic E-state index is 12.0. The van der Waals surface area contributed by atoms with Crippen molar-refractivity contribution in [3.8, 4) is 0 Å². The van der Waals surface area contributed by atoms with Gasteiger partial charge in [0, 0.05) is 24.0 Å². The number of urea groups is 1. The number of carbonyl (C=O) groups excluding carboxylic acids is 1. The Hall–Kier alpha value is -1.12. The zero-order valence-electron chi connectivity index (χ0n) is 12.9. The van der Waals surface area contributed by atoms with Gasteiger partial charge in [-0.15, -0.1) is 11.3 Å². The molecule has 0 bridgehead atoms. The van der Waals surface area contributed by atoms with Crippen molar-refractivity contribution < 1.29 is 13.2 Å². The molecule has 0 aliphatic carbocycles. The van der Waals surface area contributed by atoms with Crippen LogP contribution < -0.4 is 10.6 Å². The molecule has 2 N–H and O–H groups in total. The highest BCUT2D eigenvalue weighted by Crippen LogP contribution is 2.18. The maximum Gasteiger partial charge on any atom is 0.315 e. The van der Waals surface area contributed by atoms with Crippen LogP contribution in [0.5, 0.6) is 0 Å². The first-order valence-electron chi connectivity index (χ1n) is 7.50. The summed E-state index contributed by atoms with van der Waals surface area (Å²) in [6.45, 7) is 4.55. The molecule has 1 atom stereocenters. The highest BCUT2D eigenvalue weighted by molar-refractivity contribution is 7.89. The maximum atomic E-state index is 12.0. The Balaban J connectivity index is 1.77. The van der Waals surface area contributed by atoms with Gasteiger partial charge in [0.1, 0.15) is 0 Å². The fourth-order valence-electron chi connectivity index (χ4n) is 2.49. The lowest BCUT2D eigenvalue weighted by molar-refractivity contribution is 0.225. The molecule has 8 heteroatoms. The van der Waals surface area contributed by atoms with Gasteiger partial charge in [-0.3, -0.25) is 0 Å². The van der Waals surface area contributed by atoms with E-state index in [-0.39, 0.29) is 23.9 Å². The molecule has 1 aliphatic rings. The lowest BCUT2D eigenvalue weighted by atomic mass is 10.1. The van der Waals surface area contributed by atoms with Crippen molar-refractivity contribution in [3.05, 3.63) is 22.4 Å². The molecule has 0 spiro atoms. The normalized spacial score (nSPS) is 18.8. The Bertz CT molecular complexity index is 578. The Labute approximate surface area is 135 Å². The van der Waals surface area contributed by atoms with Crippen molar-refractivity contribution in [2.24, 2.45) is 0 Å². The van der Waals surface area contributed by atoms with Crippen LogP contribution in [0.4, 0.5) is 4.79 Å². The lowest BCUT2D eigenvalue weighted by Crippen LogP contribution is -2.49. The summed E-state index contributed by atoms with van der Waals surface area (Å²) in [5.41, 5.74) is 0. The van der Waals surface area contributed by atoms with E-state index < -0.39 is 10.0 Å². The molecule has 1 saturated heterocycles. The number of rotatable bonds is 5. The first-order chi connectivity index (χ1) is 10.4. The van der Waals surface area contributed by atoms with Crippen molar-refractivity contribution in [1.29, 1.82) is 0 Å². The van der Waals surface area contributed by atoms with Crippen LogP contribution in [0.3, 0.4) is 0 Å². The van der Waals surface area contributed by atoms with Crippen molar-refractivity contribution in [1.82, 2.24) is 14.9 Å². The monoisotopic (exact) mass is 345 g/mol. The predicted octanol–water partition coefficient (Wildman–Crippen LogP) is 1.92. The molecular weight excluding hydrogens is 322 g/mol. The molecule has 1 aliphatic heterocycles. The van der Waals surface area contributed by atoms with Crippen LogP contribution in [0.2, 0.25) is 0 Å². The third kappa shape index (κ3) is 4.44. The summed E-state index contributed by atoms with van der Waals surface area (Å²) in [5.74, 6) is 0.129. The topological polar surface area (TPSA) is 78.5 Å². The quantitative estimate of drug-likeness (QED) is 0.856. The van der Waals surface area contributed by atoms with Gasteiger partial charge in [0.05, 0.1) is 11.8 Å². The second-order valence-corrected chi connectivity index (χ2v) is 8.67. The van der Waals surface area contributed by atoms with E-state index in [0.717, 1.165) is 4.88 Å². The van der Waals surface area contributed by atoms with Gasteiger partial charge in [-0.25, -0.2) is 17.5 Å². The largest absolute Gasteiger partial charge is 0.335 e.